The average Bonchev–Trinajstić information content (AvgIpc) is 2.73. The fourth-order valence-corrected chi connectivity index (χ4v) is 2.15. The standard InChI is InChI=1S/C15H13N/c1-11-10-16-15-13(11)8-5-9-14(15)12-6-3-2-4-7-12/h2-10,16H,1H3. The van der Waals surface area contributed by atoms with Crippen LogP contribution in [0.15, 0.2) is 54.7 Å². The molecule has 0 atom stereocenters. The molecule has 0 fully saturated rings. The molecule has 0 radical (unpaired) electrons. The number of hydrogen-bond acceptors (Lipinski definition) is 0. The maximum absolute atomic E-state index is 3.35. The maximum Gasteiger partial charge on any atom is 0.0536 e. The van der Waals surface area contributed by atoms with Gasteiger partial charge in [0, 0.05) is 17.1 Å². The summed E-state index contributed by atoms with van der Waals surface area (Å²) < 4.78 is 0. The van der Waals surface area contributed by atoms with Gasteiger partial charge >= 0.3 is 0 Å². The van der Waals surface area contributed by atoms with Crippen molar-refractivity contribution in [2.24, 2.45) is 0 Å². The van der Waals surface area contributed by atoms with Crippen LogP contribution in [0.4, 0.5) is 0 Å². The van der Waals surface area contributed by atoms with Crippen molar-refractivity contribution in [2.75, 3.05) is 0 Å². The fourth-order valence-electron chi connectivity index (χ4n) is 2.15. The van der Waals surface area contributed by atoms with E-state index in [9.17, 15) is 0 Å². The van der Waals surface area contributed by atoms with Crippen LogP contribution in [-0.2, 0) is 0 Å². The van der Waals surface area contributed by atoms with Crippen molar-refractivity contribution in [3.05, 3.63) is 60.3 Å². The number of hydrogen-bond donors (Lipinski definition) is 1. The summed E-state index contributed by atoms with van der Waals surface area (Å²) in [6.45, 7) is 2.13. The van der Waals surface area contributed by atoms with E-state index in [1.807, 2.05) is 6.07 Å². The molecule has 1 nitrogen and oxygen atoms in total. The first-order valence-electron chi connectivity index (χ1n) is 5.48. The molecule has 0 aliphatic heterocycles. The van der Waals surface area contributed by atoms with E-state index in [0.29, 0.717) is 0 Å². The number of H-pyrrole nitrogens is 1. The molecule has 0 bridgehead atoms. The van der Waals surface area contributed by atoms with Gasteiger partial charge in [-0.15, -0.1) is 0 Å². The van der Waals surface area contributed by atoms with Crippen molar-refractivity contribution in [2.45, 2.75) is 6.92 Å². The van der Waals surface area contributed by atoms with Gasteiger partial charge in [0.15, 0.2) is 0 Å². The Morgan fingerprint density at radius 2 is 1.69 bits per heavy atom. The van der Waals surface area contributed by atoms with Crippen LogP contribution >= 0.6 is 0 Å². The molecule has 0 aliphatic rings. The summed E-state index contributed by atoms with van der Waals surface area (Å²) in [6, 6.07) is 16.9. The summed E-state index contributed by atoms with van der Waals surface area (Å²) in [5.41, 5.74) is 5.06. The third kappa shape index (κ3) is 1.33. The highest BCUT2D eigenvalue weighted by molar-refractivity contribution is 5.95. The number of rotatable bonds is 1. The van der Waals surface area contributed by atoms with E-state index in [1.54, 1.807) is 0 Å². The van der Waals surface area contributed by atoms with Crippen LogP contribution in [-0.4, -0.2) is 4.98 Å². The van der Waals surface area contributed by atoms with E-state index in [-0.39, 0.29) is 0 Å². The Bertz CT molecular complexity index is 620. The first kappa shape index (κ1) is 9.22. The van der Waals surface area contributed by atoms with Crippen molar-refractivity contribution in [3.63, 3.8) is 0 Å². The first-order chi connectivity index (χ1) is 7.86. The number of aromatic amines is 1. The number of nitrogens with one attached hydrogen (secondary N) is 1. The molecule has 2 aromatic carbocycles. The van der Waals surface area contributed by atoms with Gasteiger partial charge in [-0.25, -0.2) is 0 Å². The molecule has 3 aromatic rings. The quantitative estimate of drug-likeness (QED) is 0.617. The van der Waals surface area contributed by atoms with Gasteiger partial charge in [0.05, 0.1) is 5.52 Å². The van der Waals surface area contributed by atoms with E-state index < -0.39 is 0 Å². The number of aryl methyl sites for hydroxylation is 1. The second-order valence-corrected chi connectivity index (χ2v) is 4.07. The lowest BCUT2D eigenvalue weighted by molar-refractivity contribution is 1.42. The predicted octanol–water partition coefficient (Wildman–Crippen LogP) is 4.14. The molecule has 0 saturated heterocycles. The molecular formula is C15H13N. The Balaban J connectivity index is 2.32. The molecule has 1 aromatic heterocycles. The Hall–Kier alpha value is -2.02. The third-order valence-electron chi connectivity index (χ3n) is 3.01. The van der Waals surface area contributed by atoms with Gasteiger partial charge in [-0.3, -0.25) is 0 Å². The van der Waals surface area contributed by atoms with Crippen LogP contribution in [0.1, 0.15) is 5.56 Å². The predicted molar refractivity (Wildman–Crippen MR) is 68.5 cm³/mol. The molecule has 1 heteroatoms. The van der Waals surface area contributed by atoms with E-state index >= 15 is 0 Å². The zero-order valence-electron chi connectivity index (χ0n) is 9.20. The minimum Gasteiger partial charge on any atom is -0.360 e. The Labute approximate surface area is 94.7 Å². The number of benzene rings is 2. The van der Waals surface area contributed by atoms with Crippen molar-refractivity contribution in [1.82, 2.24) is 4.98 Å². The zero-order valence-corrected chi connectivity index (χ0v) is 9.20. The molecule has 1 heterocycles. The summed E-state index contributed by atoms with van der Waals surface area (Å²) >= 11 is 0. The second-order valence-electron chi connectivity index (χ2n) is 4.07. The number of aromatic nitrogens is 1. The third-order valence-corrected chi connectivity index (χ3v) is 3.01. The van der Waals surface area contributed by atoms with Crippen LogP contribution in [0.5, 0.6) is 0 Å². The van der Waals surface area contributed by atoms with Crippen molar-refractivity contribution in [3.8, 4) is 11.1 Å². The lowest BCUT2D eigenvalue weighted by Crippen LogP contribution is -1.79. The Kier molecular flexibility index (Phi) is 2.03. The summed E-state index contributed by atoms with van der Waals surface area (Å²) in [5.74, 6) is 0. The summed E-state index contributed by atoms with van der Waals surface area (Å²) in [6.07, 6.45) is 2.07. The zero-order chi connectivity index (χ0) is 11.0. The van der Waals surface area contributed by atoms with Gasteiger partial charge < -0.3 is 4.98 Å². The monoisotopic (exact) mass is 207 g/mol. The van der Waals surface area contributed by atoms with Crippen LogP contribution < -0.4 is 0 Å². The molecular weight excluding hydrogens is 194 g/mol. The first-order valence-corrected chi connectivity index (χ1v) is 5.48. The van der Waals surface area contributed by atoms with E-state index in [4.69, 9.17) is 0 Å². The number of para-hydroxylation sites is 1. The molecule has 0 amide bonds. The molecule has 0 aliphatic carbocycles. The number of fused-ring (bicyclic) bond motifs is 1. The fraction of sp³-hybridized carbons (Fsp3) is 0.0667. The van der Waals surface area contributed by atoms with Crippen molar-refractivity contribution in [1.29, 1.82) is 0 Å². The molecule has 0 spiro atoms. The minimum atomic E-state index is 1.23. The van der Waals surface area contributed by atoms with Crippen LogP contribution in [0.25, 0.3) is 22.0 Å². The normalized spacial score (nSPS) is 10.8. The summed E-state index contributed by atoms with van der Waals surface area (Å²) in [7, 11) is 0. The topological polar surface area (TPSA) is 15.8 Å². The van der Waals surface area contributed by atoms with Gasteiger partial charge in [-0.2, -0.15) is 0 Å². The van der Waals surface area contributed by atoms with Crippen molar-refractivity contribution < 1.29 is 0 Å². The lowest BCUT2D eigenvalue weighted by Gasteiger charge is -2.03. The van der Waals surface area contributed by atoms with Crippen LogP contribution in [0.3, 0.4) is 0 Å². The van der Waals surface area contributed by atoms with Crippen LogP contribution in [0.2, 0.25) is 0 Å². The highest BCUT2D eigenvalue weighted by Gasteiger charge is 2.05. The van der Waals surface area contributed by atoms with Gasteiger partial charge in [0.2, 0.25) is 0 Å². The van der Waals surface area contributed by atoms with Crippen LogP contribution in [0, 0.1) is 6.92 Å². The van der Waals surface area contributed by atoms with E-state index in [1.165, 1.54) is 27.6 Å². The molecule has 0 saturated carbocycles. The van der Waals surface area contributed by atoms with E-state index in [2.05, 4.69) is 60.6 Å². The largest absolute Gasteiger partial charge is 0.360 e. The van der Waals surface area contributed by atoms with Gasteiger partial charge in [0.25, 0.3) is 0 Å². The maximum atomic E-state index is 3.35. The Morgan fingerprint density at radius 1 is 0.875 bits per heavy atom. The summed E-state index contributed by atoms with van der Waals surface area (Å²) in [4.78, 5) is 3.35. The summed E-state index contributed by atoms with van der Waals surface area (Å²) in [5, 5.41) is 1.31. The van der Waals surface area contributed by atoms with Gasteiger partial charge in [-0.05, 0) is 18.1 Å². The molecule has 16 heavy (non-hydrogen) atoms. The van der Waals surface area contributed by atoms with Gasteiger partial charge in [0.1, 0.15) is 0 Å². The van der Waals surface area contributed by atoms with Gasteiger partial charge in [-0.1, -0.05) is 48.5 Å². The Morgan fingerprint density at radius 3 is 2.50 bits per heavy atom. The molecule has 3 rings (SSSR count). The lowest BCUT2D eigenvalue weighted by atomic mass is 10.0. The average molecular weight is 207 g/mol. The smallest absolute Gasteiger partial charge is 0.0536 e. The molecule has 1 N–H and O–H groups in total. The van der Waals surface area contributed by atoms with E-state index in [0.717, 1.165) is 0 Å². The minimum absolute atomic E-state index is 1.23. The highest BCUT2D eigenvalue weighted by atomic mass is 14.7. The molecule has 0 unspecified atom stereocenters. The SMILES string of the molecule is Cc1c[nH]c2c(-c3ccccc3)cccc12. The van der Waals surface area contributed by atoms with Crippen molar-refractivity contribution >= 4 is 10.9 Å². The second kappa shape index (κ2) is 3.53. The molecule has 78 valence electrons. The highest BCUT2D eigenvalue weighted by Crippen LogP contribution is 2.28.